The number of aliphatic carboxylic acids is 1. The highest BCUT2D eigenvalue weighted by atomic mass is 32.2. The number of hydrogen-bond donors (Lipinski definition) is 2. The lowest BCUT2D eigenvalue weighted by Gasteiger charge is -2.19. The van der Waals surface area contributed by atoms with Crippen molar-refractivity contribution in [3.8, 4) is 11.3 Å². The van der Waals surface area contributed by atoms with Crippen molar-refractivity contribution in [1.82, 2.24) is 9.97 Å². The average Bonchev–Trinajstić information content (AvgIpc) is 3.04. The van der Waals surface area contributed by atoms with Crippen LogP contribution >= 0.6 is 0 Å². The first-order valence-corrected chi connectivity index (χ1v) is 10.4. The lowest BCUT2D eigenvalue weighted by atomic mass is 9.90. The number of benzene rings is 1. The second kappa shape index (κ2) is 6.44. The molecule has 0 amide bonds. The lowest BCUT2D eigenvalue weighted by Crippen LogP contribution is -2.40. The Morgan fingerprint density at radius 3 is 2.32 bits per heavy atom. The van der Waals surface area contributed by atoms with Gasteiger partial charge in [-0.05, 0) is 50.2 Å². The number of fused-ring (bicyclic) bond motifs is 1. The van der Waals surface area contributed by atoms with Crippen LogP contribution in [0.3, 0.4) is 0 Å². The van der Waals surface area contributed by atoms with E-state index in [0.29, 0.717) is 5.39 Å². The number of rotatable bonds is 4. The maximum absolute atomic E-state index is 12.8. The Labute approximate surface area is 164 Å². The quantitative estimate of drug-likeness (QED) is 0.685. The third-order valence-electron chi connectivity index (χ3n) is 4.93. The normalized spacial score (nSPS) is 13.0. The van der Waals surface area contributed by atoms with Crippen molar-refractivity contribution in [2.45, 2.75) is 49.7 Å². The van der Waals surface area contributed by atoms with Gasteiger partial charge in [0, 0.05) is 39.5 Å². The summed E-state index contributed by atoms with van der Waals surface area (Å²) in [4.78, 5) is 19.1. The fraction of sp³-hybridized carbons (Fsp3) is 0.333. The highest BCUT2D eigenvalue weighted by molar-refractivity contribution is 7.93. The zero-order valence-corrected chi connectivity index (χ0v) is 17.4. The molecule has 148 valence electrons. The summed E-state index contributed by atoms with van der Waals surface area (Å²) >= 11 is 0. The van der Waals surface area contributed by atoms with Gasteiger partial charge in [0.1, 0.15) is 0 Å². The minimum Gasteiger partial charge on any atom is -0.480 e. The minimum absolute atomic E-state index is 0.0111. The van der Waals surface area contributed by atoms with Crippen molar-refractivity contribution >= 4 is 26.7 Å². The SMILES string of the molecule is CC(C)(C)c1cc(-c2cc3cc(S(=O)(=O)C(C)(C)C(=O)O)ccc3[nH]2)ccn1. The molecule has 0 atom stereocenters. The summed E-state index contributed by atoms with van der Waals surface area (Å²) in [5, 5.41) is 10.0. The van der Waals surface area contributed by atoms with Crippen LogP contribution in [0.4, 0.5) is 0 Å². The number of carboxylic acids is 1. The molecule has 0 fully saturated rings. The van der Waals surface area contributed by atoms with Crippen LogP contribution in [0.5, 0.6) is 0 Å². The molecule has 0 aliphatic heterocycles. The maximum atomic E-state index is 12.8. The summed E-state index contributed by atoms with van der Waals surface area (Å²) in [7, 11) is -4.03. The van der Waals surface area contributed by atoms with Gasteiger partial charge in [0.2, 0.25) is 0 Å². The van der Waals surface area contributed by atoms with Gasteiger partial charge in [-0.15, -0.1) is 0 Å². The van der Waals surface area contributed by atoms with E-state index >= 15 is 0 Å². The Hall–Kier alpha value is -2.67. The summed E-state index contributed by atoms with van der Waals surface area (Å²) in [6.07, 6.45) is 1.76. The number of carbonyl (C=O) groups is 1. The maximum Gasteiger partial charge on any atom is 0.324 e. The molecule has 0 bridgehead atoms. The molecule has 0 unspecified atom stereocenters. The van der Waals surface area contributed by atoms with Gasteiger partial charge in [0.05, 0.1) is 4.90 Å². The van der Waals surface area contributed by atoms with Gasteiger partial charge in [-0.25, -0.2) is 8.42 Å². The largest absolute Gasteiger partial charge is 0.480 e. The third-order valence-corrected chi connectivity index (χ3v) is 7.32. The van der Waals surface area contributed by atoms with E-state index in [-0.39, 0.29) is 10.3 Å². The predicted octanol–water partition coefficient (Wildman–Crippen LogP) is 4.16. The van der Waals surface area contributed by atoms with Crippen LogP contribution in [0.2, 0.25) is 0 Å². The molecule has 0 spiro atoms. The van der Waals surface area contributed by atoms with E-state index in [0.717, 1.165) is 22.5 Å². The number of hydrogen-bond acceptors (Lipinski definition) is 4. The first-order chi connectivity index (χ1) is 12.8. The number of aromatic nitrogens is 2. The molecule has 3 aromatic rings. The second-order valence-corrected chi connectivity index (χ2v) is 10.9. The van der Waals surface area contributed by atoms with Crippen molar-refractivity contribution in [2.24, 2.45) is 0 Å². The van der Waals surface area contributed by atoms with Crippen LogP contribution in [0, 0.1) is 0 Å². The number of pyridine rings is 1. The molecule has 6 nitrogen and oxygen atoms in total. The highest BCUT2D eigenvalue weighted by Gasteiger charge is 2.43. The Balaban J connectivity index is 2.09. The first kappa shape index (κ1) is 20.1. The smallest absolute Gasteiger partial charge is 0.324 e. The summed E-state index contributed by atoms with van der Waals surface area (Å²) in [5.74, 6) is -1.38. The number of carboxylic acid groups (broad SMARTS) is 1. The predicted molar refractivity (Wildman–Crippen MR) is 109 cm³/mol. The molecule has 2 heterocycles. The van der Waals surface area contributed by atoms with Crippen molar-refractivity contribution in [3.63, 3.8) is 0 Å². The number of aromatic amines is 1. The average molecular weight is 401 g/mol. The highest BCUT2D eigenvalue weighted by Crippen LogP contribution is 2.31. The Morgan fingerprint density at radius 1 is 1.04 bits per heavy atom. The monoisotopic (exact) mass is 400 g/mol. The van der Waals surface area contributed by atoms with E-state index in [9.17, 15) is 18.3 Å². The van der Waals surface area contributed by atoms with Crippen LogP contribution < -0.4 is 0 Å². The molecular weight excluding hydrogens is 376 g/mol. The topological polar surface area (TPSA) is 100 Å². The fourth-order valence-electron chi connectivity index (χ4n) is 2.85. The zero-order chi connectivity index (χ0) is 20.9. The van der Waals surface area contributed by atoms with Gasteiger partial charge < -0.3 is 10.1 Å². The molecule has 2 N–H and O–H groups in total. The summed E-state index contributed by atoms with van der Waals surface area (Å²) in [5.41, 5.74) is 3.43. The molecular formula is C21H24N2O4S. The van der Waals surface area contributed by atoms with Crippen LogP contribution in [0.1, 0.15) is 40.3 Å². The zero-order valence-electron chi connectivity index (χ0n) is 16.6. The van der Waals surface area contributed by atoms with Crippen LogP contribution in [0.15, 0.2) is 47.5 Å². The molecule has 2 aromatic heterocycles. The minimum atomic E-state index is -4.03. The Morgan fingerprint density at radius 2 is 1.71 bits per heavy atom. The molecule has 1 aromatic carbocycles. The number of H-pyrrole nitrogens is 1. The fourth-order valence-corrected chi connectivity index (χ4v) is 4.20. The van der Waals surface area contributed by atoms with Crippen molar-refractivity contribution in [2.75, 3.05) is 0 Å². The van der Waals surface area contributed by atoms with E-state index in [1.54, 1.807) is 12.3 Å². The first-order valence-electron chi connectivity index (χ1n) is 8.92. The van der Waals surface area contributed by atoms with E-state index in [4.69, 9.17) is 0 Å². The van der Waals surface area contributed by atoms with Gasteiger partial charge >= 0.3 is 5.97 Å². The number of nitrogens with one attached hydrogen (secondary N) is 1. The van der Waals surface area contributed by atoms with Gasteiger partial charge in [-0.1, -0.05) is 20.8 Å². The number of nitrogens with zero attached hydrogens (tertiary/aromatic N) is 1. The molecule has 0 saturated heterocycles. The summed E-state index contributed by atoms with van der Waals surface area (Å²) in [6, 6.07) is 10.4. The lowest BCUT2D eigenvalue weighted by molar-refractivity contribution is -0.139. The van der Waals surface area contributed by atoms with Gasteiger partial charge in [-0.2, -0.15) is 0 Å². The van der Waals surface area contributed by atoms with Crippen molar-refractivity contribution < 1.29 is 18.3 Å². The molecule has 0 saturated carbocycles. The second-order valence-electron chi connectivity index (χ2n) is 8.43. The van der Waals surface area contributed by atoms with Gasteiger partial charge in [-0.3, -0.25) is 9.78 Å². The van der Waals surface area contributed by atoms with Crippen LogP contribution in [-0.4, -0.2) is 34.2 Å². The van der Waals surface area contributed by atoms with E-state index in [2.05, 4.69) is 30.7 Å². The Kier molecular flexibility index (Phi) is 4.62. The molecule has 7 heteroatoms. The molecule has 0 aliphatic rings. The summed E-state index contributed by atoms with van der Waals surface area (Å²) in [6.45, 7) is 8.66. The Bertz CT molecular complexity index is 1170. The van der Waals surface area contributed by atoms with Crippen LogP contribution in [0.25, 0.3) is 22.2 Å². The van der Waals surface area contributed by atoms with E-state index in [1.807, 2.05) is 18.2 Å². The molecule has 0 radical (unpaired) electrons. The van der Waals surface area contributed by atoms with Gasteiger partial charge in [0.25, 0.3) is 0 Å². The van der Waals surface area contributed by atoms with E-state index in [1.165, 1.54) is 26.0 Å². The van der Waals surface area contributed by atoms with E-state index < -0.39 is 20.6 Å². The molecule has 0 aliphatic carbocycles. The van der Waals surface area contributed by atoms with Crippen molar-refractivity contribution in [3.05, 3.63) is 48.3 Å². The summed E-state index contributed by atoms with van der Waals surface area (Å²) < 4.78 is 23.6. The molecule has 3 rings (SSSR count). The third kappa shape index (κ3) is 3.30. The van der Waals surface area contributed by atoms with Crippen molar-refractivity contribution in [1.29, 1.82) is 0 Å². The number of sulfone groups is 1. The van der Waals surface area contributed by atoms with Gasteiger partial charge in [0.15, 0.2) is 14.6 Å². The van der Waals surface area contributed by atoms with Crippen LogP contribution in [-0.2, 0) is 20.0 Å². The standard InChI is InChI=1S/C21H24N2O4S/c1-20(2,3)18-12-13(8-9-22-18)17-11-14-10-15(6-7-16(14)23-17)28(26,27)21(4,5)19(24)25/h6-12,23H,1-5H3,(H,24,25). The molecule has 28 heavy (non-hydrogen) atoms.